The summed E-state index contributed by atoms with van der Waals surface area (Å²) in [6.45, 7) is 8.70. The number of nitrogens with zero attached hydrogens (tertiary/aromatic N) is 6. The molecule has 4 heterocycles. The van der Waals surface area contributed by atoms with E-state index in [1.807, 2.05) is 41.2 Å². The van der Waals surface area contributed by atoms with Crippen LogP contribution in [0.15, 0.2) is 47.2 Å². The van der Waals surface area contributed by atoms with Crippen LogP contribution >= 0.6 is 0 Å². The third-order valence-corrected chi connectivity index (χ3v) is 7.01. The zero-order valence-corrected chi connectivity index (χ0v) is 18.7. The van der Waals surface area contributed by atoms with Crippen molar-refractivity contribution < 1.29 is 4.52 Å². The third-order valence-electron chi connectivity index (χ3n) is 7.01. The molecule has 7 heteroatoms. The Morgan fingerprint density at radius 2 is 1.94 bits per heavy atom. The van der Waals surface area contributed by atoms with E-state index < -0.39 is 0 Å². The van der Waals surface area contributed by atoms with Crippen LogP contribution in [0, 0.1) is 5.41 Å². The second kappa shape index (κ2) is 8.20. The van der Waals surface area contributed by atoms with Gasteiger partial charge in [0.05, 0.1) is 12.2 Å². The van der Waals surface area contributed by atoms with Gasteiger partial charge in [0, 0.05) is 36.5 Å². The molecule has 2 fully saturated rings. The molecule has 3 aromatic rings. The van der Waals surface area contributed by atoms with Crippen LogP contribution in [-0.4, -0.2) is 56.4 Å². The first-order chi connectivity index (χ1) is 15.0. The minimum atomic E-state index is 0.233. The molecule has 2 aromatic heterocycles. The van der Waals surface area contributed by atoms with Gasteiger partial charge in [0.1, 0.15) is 0 Å². The fourth-order valence-electron chi connectivity index (χ4n) is 5.17. The number of hydrogen-bond donors (Lipinski definition) is 0. The molecule has 2 aliphatic rings. The van der Waals surface area contributed by atoms with Crippen LogP contribution in [0.1, 0.15) is 56.6 Å². The van der Waals surface area contributed by atoms with Crippen molar-refractivity contribution >= 4 is 0 Å². The van der Waals surface area contributed by atoms with E-state index in [1.54, 1.807) is 0 Å². The SMILES string of the molecule is CC(C)n1cc(CN2CCC3(CC2)CC(c2noc(-c4ccccc4)n2)N(C)C3)cn1. The average Bonchev–Trinajstić information content (AvgIpc) is 3.50. The average molecular weight is 421 g/mol. The molecule has 0 saturated carbocycles. The highest BCUT2D eigenvalue weighted by molar-refractivity contribution is 5.52. The topological polar surface area (TPSA) is 63.2 Å². The molecule has 0 bridgehead atoms. The maximum Gasteiger partial charge on any atom is 0.257 e. The number of benzene rings is 1. The Hall–Kier alpha value is -2.51. The Morgan fingerprint density at radius 1 is 1.16 bits per heavy atom. The molecular formula is C24H32N6O. The van der Waals surface area contributed by atoms with Crippen molar-refractivity contribution in [3.63, 3.8) is 0 Å². The van der Waals surface area contributed by atoms with Gasteiger partial charge in [0.2, 0.25) is 0 Å². The van der Waals surface area contributed by atoms with Crippen LogP contribution in [0.3, 0.4) is 0 Å². The summed E-state index contributed by atoms with van der Waals surface area (Å²) in [6, 6.07) is 10.7. The highest BCUT2D eigenvalue weighted by atomic mass is 16.5. The molecule has 0 aliphatic carbocycles. The van der Waals surface area contributed by atoms with Crippen molar-refractivity contribution in [2.24, 2.45) is 5.41 Å². The highest BCUT2D eigenvalue weighted by Crippen LogP contribution is 2.48. The van der Waals surface area contributed by atoms with Crippen LogP contribution in [-0.2, 0) is 6.54 Å². The number of piperidine rings is 1. The molecule has 7 nitrogen and oxygen atoms in total. The lowest BCUT2D eigenvalue weighted by Crippen LogP contribution is -2.40. The highest BCUT2D eigenvalue weighted by Gasteiger charge is 2.46. The smallest absolute Gasteiger partial charge is 0.257 e. The predicted octanol–water partition coefficient (Wildman–Crippen LogP) is 4.17. The maximum absolute atomic E-state index is 5.59. The van der Waals surface area contributed by atoms with Gasteiger partial charge in [0.15, 0.2) is 5.82 Å². The van der Waals surface area contributed by atoms with Gasteiger partial charge in [-0.15, -0.1) is 0 Å². The third kappa shape index (κ3) is 4.16. The van der Waals surface area contributed by atoms with E-state index in [2.05, 4.69) is 47.1 Å². The normalized spacial score (nSPS) is 22.0. The summed E-state index contributed by atoms with van der Waals surface area (Å²) in [6.07, 6.45) is 7.75. The van der Waals surface area contributed by atoms with Crippen molar-refractivity contribution in [1.82, 2.24) is 29.7 Å². The minimum absolute atomic E-state index is 0.233. The monoisotopic (exact) mass is 420 g/mol. The Bertz CT molecular complexity index is 1000. The first-order valence-electron chi connectivity index (χ1n) is 11.4. The summed E-state index contributed by atoms with van der Waals surface area (Å²) in [5.41, 5.74) is 2.64. The lowest BCUT2D eigenvalue weighted by Gasteiger charge is -2.39. The van der Waals surface area contributed by atoms with E-state index >= 15 is 0 Å². The first-order valence-corrected chi connectivity index (χ1v) is 11.4. The summed E-state index contributed by atoms with van der Waals surface area (Å²) < 4.78 is 7.63. The van der Waals surface area contributed by atoms with Gasteiger partial charge in [-0.3, -0.25) is 14.5 Å². The van der Waals surface area contributed by atoms with E-state index in [0.29, 0.717) is 17.3 Å². The van der Waals surface area contributed by atoms with Gasteiger partial charge in [0.25, 0.3) is 5.89 Å². The van der Waals surface area contributed by atoms with Gasteiger partial charge >= 0.3 is 0 Å². The lowest BCUT2D eigenvalue weighted by molar-refractivity contribution is 0.105. The van der Waals surface area contributed by atoms with Gasteiger partial charge < -0.3 is 4.52 Å². The van der Waals surface area contributed by atoms with Crippen molar-refractivity contribution in [1.29, 1.82) is 0 Å². The number of rotatable bonds is 5. The largest absolute Gasteiger partial charge is 0.334 e. The second-order valence-corrected chi connectivity index (χ2v) is 9.66. The summed E-state index contributed by atoms with van der Waals surface area (Å²) in [5, 5.41) is 8.83. The van der Waals surface area contributed by atoms with Crippen LogP contribution in [0.25, 0.3) is 11.5 Å². The molecule has 5 rings (SSSR count). The molecule has 0 amide bonds. The molecule has 2 saturated heterocycles. The number of aromatic nitrogens is 4. The molecular weight excluding hydrogens is 388 g/mol. The van der Waals surface area contributed by atoms with Gasteiger partial charge in [-0.25, -0.2) is 0 Å². The van der Waals surface area contributed by atoms with Crippen LogP contribution < -0.4 is 0 Å². The molecule has 2 aliphatic heterocycles. The van der Waals surface area contributed by atoms with E-state index in [0.717, 1.165) is 44.0 Å². The number of likely N-dealkylation sites (tertiary alicyclic amines) is 2. The van der Waals surface area contributed by atoms with E-state index in [-0.39, 0.29) is 6.04 Å². The molecule has 1 atom stereocenters. The Labute approximate surface area is 184 Å². The predicted molar refractivity (Wildman–Crippen MR) is 119 cm³/mol. The zero-order chi connectivity index (χ0) is 21.4. The molecule has 0 radical (unpaired) electrons. The lowest BCUT2D eigenvalue weighted by atomic mass is 9.76. The first kappa shape index (κ1) is 20.4. The van der Waals surface area contributed by atoms with Crippen molar-refractivity contribution in [3.8, 4) is 11.5 Å². The molecule has 1 aromatic carbocycles. The van der Waals surface area contributed by atoms with Crippen molar-refractivity contribution in [2.75, 3.05) is 26.7 Å². The Morgan fingerprint density at radius 3 is 2.65 bits per heavy atom. The van der Waals surface area contributed by atoms with Gasteiger partial charge in [-0.1, -0.05) is 23.4 Å². The van der Waals surface area contributed by atoms with Crippen LogP contribution in [0.5, 0.6) is 0 Å². The quantitative estimate of drug-likeness (QED) is 0.617. The van der Waals surface area contributed by atoms with E-state index in [4.69, 9.17) is 9.51 Å². The summed E-state index contributed by atoms with van der Waals surface area (Å²) in [5.74, 6) is 1.43. The molecule has 0 N–H and O–H groups in total. The van der Waals surface area contributed by atoms with E-state index in [1.165, 1.54) is 18.4 Å². The minimum Gasteiger partial charge on any atom is -0.334 e. The van der Waals surface area contributed by atoms with Crippen molar-refractivity contribution in [3.05, 3.63) is 54.1 Å². The maximum atomic E-state index is 5.59. The van der Waals surface area contributed by atoms with Crippen molar-refractivity contribution in [2.45, 2.75) is 51.7 Å². The summed E-state index contributed by atoms with van der Waals surface area (Å²) in [7, 11) is 2.20. The van der Waals surface area contributed by atoms with Crippen LogP contribution in [0.2, 0.25) is 0 Å². The summed E-state index contributed by atoms with van der Waals surface area (Å²) >= 11 is 0. The van der Waals surface area contributed by atoms with Gasteiger partial charge in [-0.05, 0) is 70.8 Å². The standard InChI is InChI=1S/C24H32N6O/c1-18(2)30-16-19(14-25-30)15-29-11-9-24(10-12-29)13-21(28(3)17-24)22-26-23(31-27-22)20-7-5-4-6-8-20/h4-8,14,16,18,21H,9-13,15,17H2,1-3H3. The fraction of sp³-hybridized carbons (Fsp3) is 0.542. The fourth-order valence-corrected chi connectivity index (χ4v) is 5.17. The van der Waals surface area contributed by atoms with Gasteiger partial charge in [-0.2, -0.15) is 10.1 Å². The Balaban J connectivity index is 1.21. The molecule has 1 unspecified atom stereocenters. The molecule has 1 spiro atoms. The molecule has 31 heavy (non-hydrogen) atoms. The second-order valence-electron chi connectivity index (χ2n) is 9.66. The van der Waals surface area contributed by atoms with Crippen LogP contribution in [0.4, 0.5) is 0 Å². The summed E-state index contributed by atoms with van der Waals surface area (Å²) in [4.78, 5) is 9.73. The Kier molecular flexibility index (Phi) is 5.40. The van der Waals surface area contributed by atoms with E-state index in [9.17, 15) is 0 Å². The zero-order valence-electron chi connectivity index (χ0n) is 18.7. The number of hydrogen-bond acceptors (Lipinski definition) is 6. The molecule has 164 valence electrons.